The average Bonchev–Trinajstić information content (AvgIpc) is 2.77. The molecular formula is C15H18ClN3O2S. The first-order chi connectivity index (χ1) is 10.6. The molecule has 2 amide bonds. The fourth-order valence-electron chi connectivity index (χ4n) is 2.12. The minimum Gasteiger partial charge on any atom is -0.325 e. The zero-order valence-corrected chi connectivity index (χ0v) is 14.1. The number of amidine groups is 1. The molecule has 1 atom stereocenters. The molecule has 2 rings (SSSR count). The lowest BCUT2D eigenvalue weighted by atomic mass is 10.2. The Balaban J connectivity index is 2.02. The SMILES string of the molecule is CCN=C1S[C@@H](CC(=O)Nc2ccccc2Cl)C(=O)N1CC. The summed E-state index contributed by atoms with van der Waals surface area (Å²) in [6.45, 7) is 5.00. The third kappa shape index (κ3) is 3.81. The van der Waals surface area contributed by atoms with E-state index in [4.69, 9.17) is 11.6 Å². The number of benzene rings is 1. The van der Waals surface area contributed by atoms with Crippen molar-refractivity contribution in [2.45, 2.75) is 25.5 Å². The zero-order chi connectivity index (χ0) is 16.1. The lowest BCUT2D eigenvalue weighted by Gasteiger charge is -2.13. The van der Waals surface area contributed by atoms with E-state index in [1.807, 2.05) is 13.8 Å². The van der Waals surface area contributed by atoms with E-state index in [0.717, 1.165) is 0 Å². The number of anilines is 1. The summed E-state index contributed by atoms with van der Waals surface area (Å²) in [5, 5.41) is 3.50. The number of carbonyl (C=O) groups is 2. The van der Waals surface area contributed by atoms with Crippen molar-refractivity contribution < 1.29 is 9.59 Å². The van der Waals surface area contributed by atoms with Gasteiger partial charge in [-0.25, -0.2) is 0 Å². The minimum absolute atomic E-state index is 0.0611. The highest BCUT2D eigenvalue weighted by atomic mass is 35.5. The Kier molecular flexibility index (Phi) is 5.85. The molecule has 1 aliphatic heterocycles. The highest BCUT2D eigenvalue weighted by Gasteiger charge is 2.38. The quantitative estimate of drug-likeness (QED) is 0.897. The molecule has 0 aromatic heterocycles. The number of amides is 2. The Morgan fingerprint density at radius 1 is 1.41 bits per heavy atom. The maximum absolute atomic E-state index is 12.3. The number of nitrogens with one attached hydrogen (secondary N) is 1. The fourth-order valence-corrected chi connectivity index (χ4v) is 3.57. The standard InChI is InChI=1S/C15H18ClN3O2S/c1-3-17-15-19(4-2)14(21)12(22-15)9-13(20)18-11-8-6-5-7-10(11)16/h5-8,12H,3-4,9H2,1-2H3,(H,18,20)/t12-/m0/s1. The summed E-state index contributed by atoms with van der Waals surface area (Å²) in [6, 6.07) is 7.02. The number of nitrogens with zero attached hydrogens (tertiary/aromatic N) is 2. The molecule has 1 aromatic rings. The number of hydrogen-bond donors (Lipinski definition) is 1. The molecule has 1 heterocycles. The summed E-state index contributed by atoms with van der Waals surface area (Å²) in [5.41, 5.74) is 0.555. The van der Waals surface area contributed by atoms with Crippen molar-refractivity contribution in [2.24, 2.45) is 4.99 Å². The second-order valence-corrected chi connectivity index (χ2v) is 6.26. The van der Waals surface area contributed by atoms with Crippen LogP contribution >= 0.6 is 23.4 Å². The van der Waals surface area contributed by atoms with Gasteiger partial charge in [0.25, 0.3) is 0 Å². The van der Waals surface area contributed by atoms with Crippen molar-refractivity contribution in [1.29, 1.82) is 0 Å². The van der Waals surface area contributed by atoms with Crippen LogP contribution in [0.2, 0.25) is 5.02 Å². The van der Waals surface area contributed by atoms with Crippen molar-refractivity contribution in [3.05, 3.63) is 29.3 Å². The predicted octanol–water partition coefficient (Wildman–Crippen LogP) is 3.01. The highest BCUT2D eigenvalue weighted by Crippen LogP contribution is 2.30. The second kappa shape index (κ2) is 7.65. The number of para-hydroxylation sites is 1. The Hall–Kier alpha value is -1.53. The number of thioether (sulfide) groups is 1. The predicted molar refractivity (Wildman–Crippen MR) is 91.4 cm³/mol. The van der Waals surface area contributed by atoms with Crippen LogP contribution < -0.4 is 5.32 Å². The zero-order valence-electron chi connectivity index (χ0n) is 12.5. The maximum atomic E-state index is 12.3. The van der Waals surface area contributed by atoms with Crippen LogP contribution in [0.4, 0.5) is 5.69 Å². The van der Waals surface area contributed by atoms with E-state index in [9.17, 15) is 9.59 Å². The number of halogens is 1. The minimum atomic E-state index is -0.423. The lowest BCUT2D eigenvalue weighted by Crippen LogP contribution is -2.33. The Labute approximate surface area is 139 Å². The molecule has 22 heavy (non-hydrogen) atoms. The van der Waals surface area contributed by atoms with E-state index < -0.39 is 5.25 Å². The van der Waals surface area contributed by atoms with Crippen molar-refractivity contribution in [2.75, 3.05) is 18.4 Å². The van der Waals surface area contributed by atoms with Gasteiger partial charge in [-0.1, -0.05) is 35.5 Å². The molecule has 0 bridgehead atoms. The van der Waals surface area contributed by atoms with Gasteiger partial charge in [-0.15, -0.1) is 0 Å². The van der Waals surface area contributed by atoms with Crippen LogP contribution in [0.15, 0.2) is 29.3 Å². The Bertz CT molecular complexity index is 606. The summed E-state index contributed by atoms with van der Waals surface area (Å²) in [4.78, 5) is 30.4. The van der Waals surface area contributed by atoms with Gasteiger partial charge in [-0.3, -0.25) is 19.5 Å². The van der Waals surface area contributed by atoms with Crippen LogP contribution in [0.25, 0.3) is 0 Å². The second-order valence-electron chi connectivity index (χ2n) is 4.68. The monoisotopic (exact) mass is 339 g/mol. The molecule has 1 aliphatic rings. The first-order valence-corrected chi connectivity index (χ1v) is 8.39. The summed E-state index contributed by atoms with van der Waals surface area (Å²) < 4.78 is 0. The first kappa shape index (κ1) is 16.8. The van der Waals surface area contributed by atoms with E-state index >= 15 is 0 Å². The van der Waals surface area contributed by atoms with Crippen molar-refractivity contribution >= 4 is 46.0 Å². The average molecular weight is 340 g/mol. The molecule has 0 spiro atoms. The van der Waals surface area contributed by atoms with Crippen LogP contribution in [0, 0.1) is 0 Å². The van der Waals surface area contributed by atoms with E-state index in [0.29, 0.717) is 29.0 Å². The van der Waals surface area contributed by atoms with E-state index in [1.54, 1.807) is 29.2 Å². The van der Waals surface area contributed by atoms with Gasteiger partial charge in [-0.05, 0) is 26.0 Å². The third-order valence-corrected chi connectivity index (χ3v) is 4.69. The molecule has 1 N–H and O–H groups in total. The van der Waals surface area contributed by atoms with Gasteiger partial charge in [0.1, 0.15) is 5.25 Å². The lowest BCUT2D eigenvalue weighted by molar-refractivity contribution is -0.128. The number of hydrogen-bond acceptors (Lipinski definition) is 4. The van der Waals surface area contributed by atoms with Crippen LogP contribution in [-0.4, -0.2) is 40.2 Å². The number of carbonyl (C=O) groups excluding carboxylic acids is 2. The molecule has 1 aromatic carbocycles. The smallest absolute Gasteiger partial charge is 0.242 e. The summed E-state index contributed by atoms with van der Waals surface area (Å²) >= 11 is 7.36. The van der Waals surface area contributed by atoms with Gasteiger partial charge in [0.05, 0.1) is 10.7 Å². The molecule has 5 nitrogen and oxygen atoms in total. The van der Waals surface area contributed by atoms with E-state index in [2.05, 4.69) is 10.3 Å². The molecule has 118 valence electrons. The molecule has 0 radical (unpaired) electrons. The van der Waals surface area contributed by atoms with Crippen LogP contribution in [-0.2, 0) is 9.59 Å². The molecule has 0 unspecified atom stereocenters. The van der Waals surface area contributed by atoms with Gasteiger partial charge in [-0.2, -0.15) is 0 Å². The van der Waals surface area contributed by atoms with Gasteiger partial charge >= 0.3 is 0 Å². The largest absolute Gasteiger partial charge is 0.325 e. The van der Waals surface area contributed by atoms with Crippen molar-refractivity contribution in [3.63, 3.8) is 0 Å². The van der Waals surface area contributed by atoms with Crippen molar-refractivity contribution in [3.8, 4) is 0 Å². The van der Waals surface area contributed by atoms with E-state index in [1.165, 1.54) is 11.8 Å². The molecular weight excluding hydrogens is 322 g/mol. The van der Waals surface area contributed by atoms with Crippen LogP contribution in [0.1, 0.15) is 20.3 Å². The number of rotatable bonds is 5. The molecule has 1 saturated heterocycles. The fraction of sp³-hybridized carbons (Fsp3) is 0.400. The maximum Gasteiger partial charge on any atom is 0.242 e. The van der Waals surface area contributed by atoms with Crippen LogP contribution in [0.5, 0.6) is 0 Å². The van der Waals surface area contributed by atoms with Gasteiger partial charge < -0.3 is 5.32 Å². The van der Waals surface area contributed by atoms with Gasteiger partial charge in [0.2, 0.25) is 11.8 Å². The van der Waals surface area contributed by atoms with Gasteiger partial charge in [0, 0.05) is 19.5 Å². The Morgan fingerprint density at radius 2 is 2.14 bits per heavy atom. The number of aliphatic imine (C=N–C) groups is 1. The van der Waals surface area contributed by atoms with Crippen molar-refractivity contribution in [1.82, 2.24) is 4.90 Å². The molecule has 1 fully saturated rings. The summed E-state index contributed by atoms with van der Waals surface area (Å²) in [6.07, 6.45) is 0.105. The molecule has 7 heteroatoms. The third-order valence-electron chi connectivity index (χ3n) is 3.15. The van der Waals surface area contributed by atoms with Gasteiger partial charge in [0.15, 0.2) is 5.17 Å². The summed E-state index contributed by atoms with van der Waals surface area (Å²) in [7, 11) is 0. The van der Waals surface area contributed by atoms with Crippen LogP contribution in [0.3, 0.4) is 0 Å². The highest BCUT2D eigenvalue weighted by molar-refractivity contribution is 8.15. The Morgan fingerprint density at radius 3 is 2.77 bits per heavy atom. The first-order valence-electron chi connectivity index (χ1n) is 7.13. The molecule has 0 aliphatic carbocycles. The van der Waals surface area contributed by atoms with E-state index in [-0.39, 0.29) is 18.2 Å². The normalized spacial score (nSPS) is 19.8. The summed E-state index contributed by atoms with van der Waals surface area (Å²) in [5.74, 6) is -0.290. The topological polar surface area (TPSA) is 61.8 Å². The molecule has 0 saturated carbocycles.